The second-order valence-corrected chi connectivity index (χ2v) is 7.52. The second-order valence-electron chi connectivity index (χ2n) is 7.52. The zero-order valence-corrected chi connectivity index (χ0v) is 17.0. The molecule has 1 aliphatic heterocycles. The molecule has 3 aromatic carbocycles. The maximum Gasteiger partial charge on any atom is 0.267 e. The van der Waals surface area contributed by atoms with Gasteiger partial charge in [0.25, 0.3) is 11.8 Å². The van der Waals surface area contributed by atoms with E-state index in [9.17, 15) is 9.59 Å². The van der Waals surface area contributed by atoms with Crippen LogP contribution in [0.1, 0.15) is 20.7 Å². The lowest BCUT2D eigenvalue weighted by Crippen LogP contribution is -2.29. The third kappa shape index (κ3) is 2.48. The summed E-state index contributed by atoms with van der Waals surface area (Å²) in [5.41, 5.74) is 2.96. The van der Waals surface area contributed by atoms with Crippen molar-refractivity contribution < 1.29 is 14.3 Å². The van der Waals surface area contributed by atoms with E-state index in [4.69, 9.17) is 4.74 Å². The molecule has 2 aromatic heterocycles. The van der Waals surface area contributed by atoms with E-state index in [0.29, 0.717) is 33.7 Å². The van der Waals surface area contributed by atoms with Crippen molar-refractivity contribution in [2.75, 3.05) is 12.0 Å². The average molecular weight is 420 g/mol. The highest BCUT2D eigenvalue weighted by Crippen LogP contribution is 2.38. The lowest BCUT2D eigenvalue weighted by molar-refractivity contribution is 0.0927. The molecule has 0 saturated carbocycles. The molecule has 0 aliphatic carbocycles. The van der Waals surface area contributed by atoms with Crippen molar-refractivity contribution in [1.29, 1.82) is 0 Å². The fraction of sp³-hybridized carbons (Fsp3) is 0.0400. The number of aromatic nitrogens is 3. The van der Waals surface area contributed by atoms with Crippen LogP contribution in [0.3, 0.4) is 0 Å². The molecule has 154 valence electrons. The van der Waals surface area contributed by atoms with Crippen LogP contribution < -0.4 is 9.64 Å². The van der Waals surface area contributed by atoms with Crippen molar-refractivity contribution in [2.24, 2.45) is 0 Å². The van der Waals surface area contributed by atoms with E-state index < -0.39 is 5.91 Å². The molecule has 0 saturated heterocycles. The summed E-state index contributed by atoms with van der Waals surface area (Å²) in [6.45, 7) is 0. The van der Waals surface area contributed by atoms with Crippen LogP contribution >= 0.6 is 0 Å². The Balaban J connectivity index is 1.56. The number of carbonyl (C=O) groups excluding carboxylic acids is 2. The monoisotopic (exact) mass is 420 g/mol. The Morgan fingerprint density at radius 2 is 1.69 bits per heavy atom. The van der Waals surface area contributed by atoms with Gasteiger partial charge in [0.05, 0.1) is 35.0 Å². The number of rotatable bonds is 3. The first-order valence-electron chi connectivity index (χ1n) is 10.1. The van der Waals surface area contributed by atoms with Crippen molar-refractivity contribution in [1.82, 2.24) is 15.2 Å². The van der Waals surface area contributed by atoms with Gasteiger partial charge in [-0.2, -0.15) is 5.10 Å². The van der Waals surface area contributed by atoms with E-state index in [1.807, 2.05) is 60.7 Å². The quantitative estimate of drug-likeness (QED) is 0.432. The van der Waals surface area contributed by atoms with Crippen molar-refractivity contribution in [3.63, 3.8) is 0 Å². The van der Waals surface area contributed by atoms with E-state index in [-0.39, 0.29) is 11.5 Å². The van der Waals surface area contributed by atoms with E-state index in [2.05, 4.69) is 15.2 Å². The van der Waals surface area contributed by atoms with Gasteiger partial charge in [0, 0.05) is 17.1 Å². The Kier molecular flexibility index (Phi) is 3.85. The highest BCUT2D eigenvalue weighted by molar-refractivity contribution is 6.39. The van der Waals surface area contributed by atoms with Gasteiger partial charge >= 0.3 is 0 Å². The van der Waals surface area contributed by atoms with Gasteiger partial charge in [0.1, 0.15) is 5.75 Å². The molecule has 6 rings (SSSR count). The number of nitrogens with zero attached hydrogens (tertiary/aromatic N) is 3. The fourth-order valence-electron chi connectivity index (χ4n) is 4.29. The standard InChI is InChI=1S/C25H16N4O3/c1-32-16-11-9-15(10-12-16)22-21-20-18(13-26-23(21)28-27-22)24(30)29(25(20)31)19-8-4-6-14-5-2-3-7-17(14)19/h2-13H,1H3,(H,26,27,28). The number of methoxy groups -OCH3 is 1. The average Bonchev–Trinajstić information content (AvgIpc) is 3.37. The maximum atomic E-state index is 13.7. The zero-order valence-electron chi connectivity index (χ0n) is 17.0. The lowest BCUT2D eigenvalue weighted by atomic mass is 10.0. The predicted octanol–water partition coefficient (Wildman–Crippen LogP) is 4.59. The number of nitrogens with one attached hydrogen (secondary N) is 1. The zero-order chi connectivity index (χ0) is 21.8. The van der Waals surface area contributed by atoms with Crippen LogP contribution in [0.5, 0.6) is 5.75 Å². The van der Waals surface area contributed by atoms with Crippen molar-refractivity contribution in [2.45, 2.75) is 0 Å². The third-order valence-corrected chi connectivity index (χ3v) is 5.82. The predicted molar refractivity (Wildman–Crippen MR) is 121 cm³/mol. The molecule has 1 N–H and O–H groups in total. The van der Waals surface area contributed by atoms with Crippen LogP contribution in [0.2, 0.25) is 0 Å². The molecule has 2 amide bonds. The molecular formula is C25H16N4O3. The minimum atomic E-state index is -0.391. The summed E-state index contributed by atoms with van der Waals surface area (Å²) in [5, 5.41) is 9.57. The van der Waals surface area contributed by atoms with Gasteiger partial charge in [0.2, 0.25) is 0 Å². The summed E-state index contributed by atoms with van der Waals surface area (Å²) >= 11 is 0. The Hall–Kier alpha value is -4.52. The molecule has 7 nitrogen and oxygen atoms in total. The fourth-order valence-corrected chi connectivity index (χ4v) is 4.29. The van der Waals surface area contributed by atoms with Crippen molar-refractivity contribution >= 4 is 39.3 Å². The summed E-state index contributed by atoms with van der Waals surface area (Å²) < 4.78 is 5.23. The Morgan fingerprint density at radius 3 is 2.50 bits per heavy atom. The van der Waals surface area contributed by atoms with Gasteiger partial charge < -0.3 is 4.74 Å². The number of hydrogen-bond donors (Lipinski definition) is 1. The summed E-state index contributed by atoms with van der Waals surface area (Å²) in [6, 6.07) is 20.7. The van der Waals surface area contributed by atoms with E-state index in [1.54, 1.807) is 13.2 Å². The number of ether oxygens (including phenoxy) is 1. The molecule has 0 atom stereocenters. The number of hydrogen-bond acceptors (Lipinski definition) is 5. The minimum Gasteiger partial charge on any atom is -0.497 e. The van der Waals surface area contributed by atoms with E-state index in [0.717, 1.165) is 16.3 Å². The number of anilines is 1. The number of H-pyrrole nitrogens is 1. The lowest BCUT2D eigenvalue weighted by Gasteiger charge is -2.16. The molecule has 3 heterocycles. The van der Waals surface area contributed by atoms with Gasteiger partial charge in [-0.3, -0.25) is 14.7 Å². The molecule has 0 spiro atoms. The molecule has 0 unspecified atom stereocenters. The SMILES string of the molecule is COc1ccc(-c2[nH]nc3ncc4c(c23)C(=O)N(c2cccc3ccccc23)C4=O)cc1. The largest absolute Gasteiger partial charge is 0.497 e. The highest BCUT2D eigenvalue weighted by Gasteiger charge is 2.40. The smallest absolute Gasteiger partial charge is 0.267 e. The van der Waals surface area contributed by atoms with Gasteiger partial charge in [-0.15, -0.1) is 0 Å². The number of fused-ring (bicyclic) bond motifs is 4. The maximum absolute atomic E-state index is 13.7. The van der Waals surface area contributed by atoms with Gasteiger partial charge in [-0.05, 0) is 35.7 Å². The summed E-state index contributed by atoms with van der Waals surface area (Å²) in [5.74, 6) is -0.0585. The Morgan fingerprint density at radius 1 is 0.906 bits per heavy atom. The van der Waals surface area contributed by atoms with Crippen molar-refractivity contribution in [3.05, 3.63) is 84.1 Å². The molecule has 1 aliphatic rings. The summed E-state index contributed by atoms with van der Waals surface area (Å²) in [7, 11) is 1.60. The normalized spacial score (nSPS) is 13.2. The van der Waals surface area contributed by atoms with Gasteiger partial charge in [-0.25, -0.2) is 9.88 Å². The molecular weight excluding hydrogens is 404 g/mol. The third-order valence-electron chi connectivity index (χ3n) is 5.82. The van der Waals surface area contributed by atoms with Crippen LogP contribution in [0.4, 0.5) is 5.69 Å². The first-order valence-corrected chi connectivity index (χ1v) is 10.1. The van der Waals surface area contributed by atoms with Crippen LogP contribution in [0.25, 0.3) is 33.1 Å². The topological polar surface area (TPSA) is 88.2 Å². The molecule has 0 bridgehead atoms. The Labute approximate surface area is 182 Å². The van der Waals surface area contributed by atoms with Crippen molar-refractivity contribution in [3.8, 4) is 17.0 Å². The number of carbonyl (C=O) groups is 2. The molecule has 5 aromatic rings. The summed E-state index contributed by atoms with van der Waals surface area (Å²) in [4.78, 5) is 32.6. The first kappa shape index (κ1) is 18.3. The van der Waals surface area contributed by atoms with E-state index in [1.165, 1.54) is 11.1 Å². The number of benzene rings is 3. The number of amides is 2. The highest BCUT2D eigenvalue weighted by atomic mass is 16.5. The number of aromatic amines is 1. The number of imide groups is 1. The Bertz CT molecular complexity index is 1550. The summed E-state index contributed by atoms with van der Waals surface area (Å²) in [6.07, 6.45) is 1.43. The molecule has 7 heteroatoms. The van der Waals surface area contributed by atoms with E-state index >= 15 is 0 Å². The van der Waals surface area contributed by atoms with Crippen LogP contribution in [-0.2, 0) is 0 Å². The van der Waals surface area contributed by atoms with Crippen LogP contribution in [-0.4, -0.2) is 34.1 Å². The van der Waals surface area contributed by atoms with Gasteiger partial charge in [0.15, 0.2) is 5.65 Å². The molecule has 0 radical (unpaired) electrons. The first-order chi connectivity index (χ1) is 15.7. The van der Waals surface area contributed by atoms with Gasteiger partial charge in [-0.1, -0.05) is 36.4 Å². The second kappa shape index (κ2) is 6.75. The van der Waals surface area contributed by atoms with Crippen LogP contribution in [0, 0.1) is 0 Å². The minimum absolute atomic E-state index is 0.270. The number of pyridine rings is 1. The molecule has 32 heavy (non-hydrogen) atoms. The molecule has 0 fully saturated rings. The van der Waals surface area contributed by atoms with Crippen LogP contribution in [0.15, 0.2) is 72.9 Å².